The Morgan fingerprint density at radius 2 is 1.81 bits per heavy atom. The Hall–Kier alpha value is -1.86. The van der Waals surface area contributed by atoms with E-state index in [1.165, 1.54) is 6.07 Å². The zero-order valence-electron chi connectivity index (χ0n) is 15.7. The molecule has 1 aromatic heterocycles. The van der Waals surface area contributed by atoms with E-state index in [4.69, 9.17) is 4.42 Å². The van der Waals surface area contributed by atoms with E-state index in [1.54, 1.807) is 19.9 Å². The van der Waals surface area contributed by atoms with Gasteiger partial charge >= 0.3 is 5.63 Å². The van der Waals surface area contributed by atoms with Gasteiger partial charge in [-0.2, -0.15) is 0 Å². The third kappa shape index (κ3) is 5.57. The van der Waals surface area contributed by atoms with E-state index in [2.05, 4.69) is 10.0 Å². The van der Waals surface area contributed by atoms with Crippen LogP contribution in [0.5, 0.6) is 0 Å². The molecule has 0 fully saturated rings. The Kier molecular flexibility index (Phi) is 7.23. The summed E-state index contributed by atoms with van der Waals surface area (Å²) in [6, 6.07) is 7.21. The van der Waals surface area contributed by atoms with Crippen LogP contribution >= 0.6 is 0 Å². The van der Waals surface area contributed by atoms with Crippen molar-refractivity contribution in [1.29, 1.82) is 0 Å². The predicted molar refractivity (Wildman–Crippen MR) is 106 cm³/mol. The van der Waals surface area contributed by atoms with Crippen molar-refractivity contribution >= 4 is 26.7 Å². The molecule has 0 saturated carbocycles. The second kappa shape index (κ2) is 9.19. The third-order valence-corrected chi connectivity index (χ3v) is 6.13. The average molecular weight is 381 g/mol. The number of rotatable bonds is 10. The van der Waals surface area contributed by atoms with Crippen molar-refractivity contribution in [3.63, 3.8) is 0 Å². The first-order valence-corrected chi connectivity index (χ1v) is 10.7. The van der Waals surface area contributed by atoms with E-state index in [1.807, 2.05) is 19.1 Å². The van der Waals surface area contributed by atoms with Crippen LogP contribution in [0, 0.1) is 0 Å². The number of anilines is 1. The number of hydrogen-bond donors (Lipinski definition) is 2. The first-order chi connectivity index (χ1) is 12.3. The van der Waals surface area contributed by atoms with Crippen LogP contribution in [0.2, 0.25) is 0 Å². The van der Waals surface area contributed by atoms with Gasteiger partial charge in [-0.25, -0.2) is 17.9 Å². The van der Waals surface area contributed by atoms with Gasteiger partial charge in [0.2, 0.25) is 10.0 Å². The molecule has 0 atom stereocenters. The molecule has 0 radical (unpaired) electrons. The highest BCUT2D eigenvalue weighted by Crippen LogP contribution is 2.23. The first kappa shape index (κ1) is 20.5. The summed E-state index contributed by atoms with van der Waals surface area (Å²) >= 11 is 0. The molecule has 7 heteroatoms. The van der Waals surface area contributed by atoms with Crippen LogP contribution in [0.4, 0.5) is 5.69 Å². The Bertz CT molecular complexity index is 888. The van der Waals surface area contributed by atoms with E-state index < -0.39 is 15.3 Å². The van der Waals surface area contributed by atoms with E-state index in [9.17, 15) is 13.2 Å². The fourth-order valence-electron chi connectivity index (χ4n) is 2.66. The molecule has 0 saturated heterocycles. The van der Waals surface area contributed by atoms with Crippen molar-refractivity contribution in [3.8, 4) is 0 Å². The van der Waals surface area contributed by atoms with Crippen LogP contribution in [0.25, 0.3) is 11.0 Å². The molecular formula is C19H28N2O4S. The lowest BCUT2D eigenvalue weighted by Crippen LogP contribution is -2.31. The van der Waals surface area contributed by atoms with Gasteiger partial charge < -0.3 is 9.73 Å². The summed E-state index contributed by atoms with van der Waals surface area (Å²) in [7, 11) is -3.16. The van der Waals surface area contributed by atoms with Crippen molar-refractivity contribution in [3.05, 3.63) is 40.2 Å². The van der Waals surface area contributed by atoms with Crippen LogP contribution in [0.1, 0.15) is 45.6 Å². The largest absolute Gasteiger partial charge is 0.422 e. The first-order valence-electron chi connectivity index (χ1n) is 9.12. The van der Waals surface area contributed by atoms with Gasteiger partial charge in [-0.3, -0.25) is 0 Å². The number of benzene rings is 1. The highest BCUT2D eigenvalue weighted by atomic mass is 32.2. The Morgan fingerprint density at radius 1 is 1.08 bits per heavy atom. The highest BCUT2D eigenvalue weighted by molar-refractivity contribution is 7.90. The van der Waals surface area contributed by atoms with Gasteiger partial charge in [0.1, 0.15) is 5.58 Å². The van der Waals surface area contributed by atoms with Gasteiger partial charge in [-0.1, -0.05) is 13.3 Å². The number of aryl methyl sites for hydroxylation is 1. The Morgan fingerprint density at radius 3 is 2.50 bits per heavy atom. The minimum atomic E-state index is -3.16. The molecule has 144 valence electrons. The third-order valence-electron chi connectivity index (χ3n) is 4.28. The van der Waals surface area contributed by atoms with E-state index in [0.717, 1.165) is 48.9 Å². The van der Waals surface area contributed by atoms with Gasteiger partial charge in [0.15, 0.2) is 0 Å². The number of nitrogens with one attached hydrogen (secondary N) is 2. The molecule has 1 heterocycles. The second-order valence-corrected chi connectivity index (χ2v) is 8.96. The zero-order valence-corrected chi connectivity index (χ0v) is 16.5. The Balaban J connectivity index is 1.81. The molecule has 0 bridgehead atoms. The Labute approximate surface area is 155 Å². The highest BCUT2D eigenvalue weighted by Gasteiger charge is 2.13. The molecule has 1 aromatic carbocycles. The number of sulfonamides is 1. The van der Waals surface area contributed by atoms with Crippen LogP contribution < -0.4 is 15.7 Å². The number of fused-ring (bicyclic) bond motifs is 1. The molecule has 0 aliphatic rings. The van der Waals surface area contributed by atoms with Crippen LogP contribution in [0.3, 0.4) is 0 Å². The van der Waals surface area contributed by atoms with Gasteiger partial charge in [0.25, 0.3) is 0 Å². The molecule has 2 aromatic rings. The molecule has 2 rings (SSSR count). The quantitative estimate of drug-likeness (QED) is 0.488. The maximum atomic E-state index is 11.6. The molecule has 0 unspecified atom stereocenters. The van der Waals surface area contributed by atoms with E-state index >= 15 is 0 Å². The normalized spacial score (nSPS) is 12.0. The van der Waals surface area contributed by atoms with E-state index in [-0.39, 0.29) is 5.63 Å². The van der Waals surface area contributed by atoms with Gasteiger partial charge in [-0.15, -0.1) is 0 Å². The lowest BCUT2D eigenvalue weighted by molar-refractivity contribution is 0.557. The van der Waals surface area contributed by atoms with Crippen LogP contribution in [-0.4, -0.2) is 26.8 Å². The van der Waals surface area contributed by atoms with Crippen LogP contribution in [-0.2, 0) is 16.4 Å². The maximum absolute atomic E-state index is 11.6. The molecule has 6 nitrogen and oxygen atoms in total. The monoisotopic (exact) mass is 380 g/mol. The lowest BCUT2D eigenvalue weighted by Gasteiger charge is -2.11. The van der Waals surface area contributed by atoms with Gasteiger partial charge in [0.05, 0.1) is 5.25 Å². The van der Waals surface area contributed by atoms with Gasteiger partial charge in [0, 0.05) is 30.2 Å². The smallest absolute Gasteiger partial charge is 0.336 e. The summed E-state index contributed by atoms with van der Waals surface area (Å²) in [6.07, 6.45) is 3.50. The molecule has 0 aliphatic heterocycles. The SMILES string of the molecule is CCc1cc(NCCCCCNS(=O)(=O)C(C)C)cc2ccc(=O)oc12. The zero-order chi connectivity index (χ0) is 19.2. The summed E-state index contributed by atoms with van der Waals surface area (Å²) in [4.78, 5) is 11.4. The fraction of sp³-hybridized carbons (Fsp3) is 0.526. The van der Waals surface area contributed by atoms with Crippen molar-refractivity contribution in [2.24, 2.45) is 0 Å². The van der Waals surface area contributed by atoms with Crippen molar-refractivity contribution in [2.75, 3.05) is 18.4 Å². The van der Waals surface area contributed by atoms with Crippen molar-refractivity contribution in [2.45, 2.75) is 51.7 Å². The standard InChI is InChI=1S/C19H28N2O4S/c1-4-15-12-17(13-16-8-9-18(22)25-19(15)16)20-10-6-5-7-11-21-26(23,24)14(2)3/h8-9,12-14,20-21H,4-7,10-11H2,1-3H3. The summed E-state index contributed by atoms with van der Waals surface area (Å²) < 4.78 is 31.2. The van der Waals surface area contributed by atoms with Crippen molar-refractivity contribution < 1.29 is 12.8 Å². The topological polar surface area (TPSA) is 88.4 Å². The molecule has 0 spiro atoms. The van der Waals surface area contributed by atoms with Crippen molar-refractivity contribution in [1.82, 2.24) is 4.72 Å². The summed E-state index contributed by atoms with van der Waals surface area (Å²) in [5, 5.41) is 3.91. The van der Waals surface area contributed by atoms with Crippen LogP contribution in [0.15, 0.2) is 33.5 Å². The number of unbranched alkanes of at least 4 members (excludes halogenated alkanes) is 2. The molecular weight excluding hydrogens is 352 g/mol. The maximum Gasteiger partial charge on any atom is 0.336 e. The second-order valence-electron chi connectivity index (χ2n) is 6.64. The summed E-state index contributed by atoms with van der Waals surface area (Å²) in [5.74, 6) is 0. The molecule has 26 heavy (non-hydrogen) atoms. The predicted octanol–water partition coefficient (Wildman–Crippen LogP) is 3.27. The average Bonchev–Trinajstić information content (AvgIpc) is 2.60. The molecule has 0 aliphatic carbocycles. The summed E-state index contributed by atoms with van der Waals surface area (Å²) in [5.41, 5.74) is 2.33. The minimum absolute atomic E-state index is 0.332. The number of hydrogen-bond acceptors (Lipinski definition) is 5. The fourth-order valence-corrected chi connectivity index (χ4v) is 3.42. The molecule has 2 N–H and O–H groups in total. The molecule has 0 amide bonds. The van der Waals surface area contributed by atoms with E-state index in [0.29, 0.717) is 12.1 Å². The minimum Gasteiger partial charge on any atom is -0.422 e. The summed E-state index contributed by atoms with van der Waals surface area (Å²) in [6.45, 7) is 6.67. The lowest BCUT2D eigenvalue weighted by atomic mass is 10.1. The van der Waals surface area contributed by atoms with Gasteiger partial charge in [-0.05, 0) is 56.9 Å².